The van der Waals surface area contributed by atoms with Crippen LogP contribution >= 0.6 is 11.3 Å². The molecule has 3 N–H and O–H groups in total. The zero-order chi connectivity index (χ0) is 30.4. The highest BCUT2D eigenvalue weighted by molar-refractivity contribution is 7.17. The minimum absolute atomic E-state index is 0.0468. The number of nitrogens with two attached hydrogens (primary N) is 1. The van der Waals surface area contributed by atoms with E-state index in [1.165, 1.54) is 11.1 Å². The summed E-state index contributed by atoms with van der Waals surface area (Å²) in [6.45, 7) is 0.201. The van der Waals surface area contributed by atoms with Crippen molar-refractivity contribution in [2.75, 3.05) is 11.4 Å². The lowest BCUT2D eigenvalue weighted by molar-refractivity contribution is -0.143. The van der Waals surface area contributed by atoms with Gasteiger partial charge in [-0.15, -0.1) is 0 Å². The highest BCUT2D eigenvalue weighted by Crippen LogP contribution is 2.42. The molecule has 2 aliphatic rings. The van der Waals surface area contributed by atoms with E-state index in [1.54, 1.807) is 18.2 Å². The summed E-state index contributed by atoms with van der Waals surface area (Å²) in [4.78, 5) is 29.2. The Morgan fingerprint density at radius 2 is 1.88 bits per heavy atom. The van der Waals surface area contributed by atoms with Crippen LogP contribution in [0.4, 0.5) is 31.5 Å². The van der Waals surface area contributed by atoms with E-state index in [0.717, 1.165) is 23.7 Å². The van der Waals surface area contributed by atoms with Gasteiger partial charge in [-0.05, 0) is 53.5 Å². The molecule has 2 aromatic carbocycles. The molecule has 2 unspecified atom stereocenters. The molecule has 0 radical (unpaired) electrons. The fourth-order valence-electron chi connectivity index (χ4n) is 5.00. The van der Waals surface area contributed by atoms with Crippen molar-refractivity contribution >= 4 is 40.4 Å². The van der Waals surface area contributed by atoms with Crippen molar-refractivity contribution in [3.63, 3.8) is 0 Å². The average molecular weight is 610 g/mol. The maximum atomic E-state index is 14.0. The molecule has 0 bridgehead atoms. The van der Waals surface area contributed by atoms with Crippen LogP contribution in [0.3, 0.4) is 0 Å². The molecule has 1 aromatic heterocycles. The van der Waals surface area contributed by atoms with Crippen molar-refractivity contribution in [2.45, 2.75) is 37.7 Å². The first kappa shape index (κ1) is 29.2. The summed E-state index contributed by atoms with van der Waals surface area (Å²) in [6, 6.07) is 5.19. The van der Waals surface area contributed by atoms with Gasteiger partial charge in [-0.3, -0.25) is 4.79 Å². The molecule has 1 saturated heterocycles. The number of nitrogens with zero attached hydrogens (tertiary/aromatic N) is 4. The summed E-state index contributed by atoms with van der Waals surface area (Å²) < 4.78 is 81.9. The zero-order valence-corrected chi connectivity index (χ0v) is 22.2. The Labute approximate surface area is 237 Å². The van der Waals surface area contributed by atoms with Gasteiger partial charge >= 0.3 is 12.4 Å². The number of amides is 1. The lowest BCUT2D eigenvalue weighted by atomic mass is 9.92. The lowest BCUT2D eigenvalue weighted by Crippen LogP contribution is -2.50. The molecule has 2 aliphatic heterocycles. The van der Waals surface area contributed by atoms with E-state index >= 15 is 0 Å². The summed E-state index contributed by atoms with van der Waals surface area (Å²) in [7, 11) is 0. The van der Waals surface area contributed by atoms with Crippen LogP contribution in [0.15, 0.2) is 46.6 Å². The van der Waals surface area contributed by atoms with Crippen molar-refractivity contribution in [2.24, 2.45) is 21.9 Å². The van der Waals surface area contributed by atoms with E-state index in [4.69, 9.17) is 5.73 Å². The molecule has 42 heavy (non-hydrogen) atoms. The topological polar surface area (TPSA) is 121 Å². The number of thiazole rings is 1. The van der Waals surface area contributed by atoms with Crippen molar-refractivity contribution in [3.8, 4) is 5.88 Å². The van der Waals surface area contributed by atoms with E-state index in [2.05, 4.69) is 15.2 Å². The van der Waals surface area contributed by atoms with E-state index in [9.17, 15) is 41.0 Å². The Bertz CT molecular complexity index is 1720. The highest BCUT2D eigenvalue weighted by Gasteiger charge is 2.39. The number of rotatable bonds is 6. The predicted molar refractivity (Wildman–Crippen MR) is 140 cm³/mol. The van der Waals surface area contributed by atoms with E-state index in [-0.39, 0.29) is 34.6 Å². The van der Waals surface area contributed by atoms with Crippen LogP contribution < -0.4 is 21.2 Å². The third kappa shape index (κ3) is 5.73. The number of carbonyl (C=O) groups excluding carboxylic acids is 2. The third-order valence-corrected chi connectivity index (χ3v) is 8.27. The van der Waals surface area contributed by atoms with Crippen LogP contribution in [0.25, 0.3) is 5.57 Å². The maximum absolute atomic E-state index is 14.0. The summed E-state index contributed by atoms with van der Waals surface area (Å²) >= 11 is 0.886. The van der Waals surface area contributed by atoms with Gasteiger partial charge in [0.15, 0.2) is 5.13 Å². The van der Waals surface area contributed by atoms with Crippen LogP contribution in [0.1, 0.15) is 40.0 Å². The second-order valence-corrected chi connectivity index (χ2v) is 10.8. The number of aldehydes is 1. The Kier molecular flexibility index (Phi) is 7.55. The Balaban J connectivity index is 1.66. The Hall–Kier alpha value is -4.27. The molecule has 2 atom stereocenters. The van der Waals surface area contributed by atoms with E-state index < -0.39 is 59.2 Å². The fraction of sp³-hybridized carbons (Fsp3) is 0.296. The first-order chi connectivity index (χ1) is 19.8. The number of anilines is 1. The first-order valence-electron chi connectivity index (χ1n) is 12.5. The van der Waals surface area contributed by atoms with Crippen molar-refractivity contribution < 1.29 is 41.0 Å². The standard InChI is InChI=1S/C27H21F6N5O3S/c28-26(29,30)17-3-1-15(19(10-17)27(31,32)33)9-18(14-2-4-20-16(8-14)11-35-37-20)22-24(41)36-25(42-22)38-6-5-13(12-39)7-21(38)23(34)40/h1-4,8,10-13,21,41H,5-7,9H2,(H2,34,40). The summed E-state index contributed by atoms with van der Waals surface area (Å²) in [5.74, 6) is -1.68. The van der Waals surface area contributed by atoms with Crippen LogP contribution in [0.5, 0.6) is 5.88 Å². The number of hydrogen-bond donors (Lipinski definition) is 2. The zero-order valence-electron chi connectivity index (χ0n) is 21.4. The van der Waals surface area contributed by atoms with Crippen molar-refractivity contribution in [1.29, 1.82) is 0 Å². The minimum Gasteiger partial charge on any atom is -0.492 e. The molecule has 3 heterocycles. The predicted octanol–water partition coefficient (Wildman–Crippen LogP) is 3.56. The molecule has 5 rings (SSSR count). The average Bonchev–Trinajstić information content (AvgIpc) is 3.56. The Morgan fingerprint density at radius 3 is 2.55 bits per heavy atom. The summed E-state index contributed by atoms with van der Waals surface area (Å²) in [5, 5.41) is 19.7. The normalized spacial score (nSPS) is 19.3. The number of piperidine rings is 1. The molecule has 1 fully saturated rings. The number of benzene rings is 2. The largest absolute Gasteiger partial charge is 0.492 e. The molecule has 15 heteroatoms. The number of halogens is 6. The molecule has 0 saturated carbocycles. The molecule has 220 valence electrons. The van der Waals surface area contributed by atoms with Crippen LogP contribution in [0.2, 0.25) is 0 Å². The number of fused-ring (bicyclic) bond motifs is 1. The fourth-order valence-corrected chi connectivity index (χ4v) is 6.10. The van der Waals surface area contributed by atoms with Gasteiger partial charge in [-0.25, -0.2) is 0 Å². The van der Waals surface area contributed by atoms with Crippen LogP contribution in [-0.2, 0) is 28.4 Å². The summed E-state index contributed by atoms with van der Waals surface area (Å²) in [5.41, 5.74) is 2.87. The van der Waals surface area contributed by atoms with E-state index in [0.29, 0.717) is 28.6 Å². The van der Waals surface area contributed by atoms with E-state index in [1.807, 2.05) is 0 Å². The number of primary amides is 1. The van der Waals surface area contributed by atoms with Crippen LogP contribution in [0, 0.1) is 5.92 Å². The molecular weight excluding hydrogens is 588 g/mol. The SMILES string of the molecule is NC(=O)C1CC(C=O)CCN1c1nc(O)c(C(Cc2ccc(C(F)(F)F)cc2C(F)(F)F)=c2ccc3c(c2)C=NN=3)s1. The number of aromatic nitrogens is 1. The maximum Gasteiger partial charge on any atom is 0.416 e. The summed E-state index contributed by atoms with van der Waals surface area (Å²) in [6.07, 6.45) is -7.96. The van der Waals surface area contributed by atoms with Crippen molar-refractivity contribution in [1.82, 2.24) is 4.98 Å². The second-order valence-electron chi connectivity index (χ2n) is 9.82. The van der Waals surface area contributed by atoms with Gasteiger partial charge in [0.1, 0.15) is 12.3 Å². The quantitative estimate of drug-likeness (QED) is 0.327. The van der Waals surface area contributed by atoms with Gasteiger partial charge in [-0.1, -0.05) is 23.5 Å². The van der Waals surface area contributed by atoms with Gasteiger partial charge in [0, 0.05) is 24.4 Å². The van der Waals surface area contributed by atoms with Gasteiger partial charge in [-0.2, -0.15) is 41.5 Å². The third-order valence-electron chi connectivity index (χ3n) is 7.13. The van der Waals surface area contributed by atoms with Gasteiger partial charge < -0.3 is 20.5 Å². The molecule has 0 spiro atoms. The molecule has 3 aromatic rings. The monoisotopic (exact) mass is 609 g/mol. The van der Waals surface area contributed by atoms with Gasteiger partial charge in [0.05, 0.1) is 27.6 Å². The smallest absolute Gasteiger partial charge is 0.416 e. The van der Waals surface area contributed by atoms with Gasteiger partial charge in [0.25, 0.3) is 0 Å². The molecule has 8 nitrogen and oxygen atoms in total. The molecular formula is C27H21F6N5O3S. The molecule has 0 aliphatic carbocycles. The highest BCUT2D eigenvalue weighted by atomic mass is 32.1. The number of alkyl halides is 6. The minimum atomic E-state index is -5.11. The van der Waals surface area contributed by atoms with Gasteiger partial charge in [0.2, 0.25) is 11.8 Å². The van der Waals surface area contributed by atoms with Crippen molar-refractivity contribution in [3.05, 3.63) is 74.1 Å². The van der Waals surface area contributed by atoms with Crippen LogP contribution in [-0.4, -0.2) is 41.1 Å². The second kappa shape index (κ2) is 10.9. The number of carbonyl (C=O) groups is 2. The molecule has 1 amide bonds. The lowest BCUT2D eigenvalue weighted by Gasteiger charge is -2.35. The number of aromatic hydroxyl groups is 1. The first-order valence-corrected chi connectivity index (χ1v) is 13.3. The Morgan fingerprint density at radius 1 is 1.12 bits per heavy atom. The number of hydrogen-bond acceptors (Lipinski definition) is 8.